The van der Waals surface area contributed by atoms with Crippen LogP contribution in [0, 0.1) is 23.2 Å². The third-order valence-electron chi connectivity index (χ3n) is 6.10. The second-order valence-electron chi connectivity index (χ2n) is 7.64. The van der Waals surface area contributed by atoms with E-state index in [0.29, 0.717) is 30.1 Å². The van der Waals surface area contributed by atoms with Crippen LogP contribution in [0.5, 0.6) is 0 Å². The quantitative estimate of drug-likeness (QED) is 0.864. The summed E-state index contributed by atoms with van der Waals surface area (Å²) in [6.45, 7) is 0. The average Bonchev–Trinajstić information content (AvgIpc) is 2.68. The van der Waals surface area contributed by atoms with Gasteiger partial charge in [0.2, 0.25) is 5.88 Å². The van der Waals surface area contributed by atoms with Crippen LogP contribution in [0.15, 0.2) is 53.1 Å². The normalized spacial score (nSPS) is 27.0. The molecule has 1 aromatic carbocycles. The highest BCUT2D eigenvalue weighted by molar-refractivity contribution is 5.99. The number of allylic oxidation sites excluding steroid dienone is 3. The molecule has 1 saturated carbocycles. The zero-order chi connectivity index (χ0) is 18.1. The van der Waals surface area contributed by atoms with Gasteiger partial charge in [-0.05, 0) is 30.2 Å². The van der Waals surface area contributed by atoms with E-state index in [1.165, 1.54) is 6.42 Å². The van der Waals surface area contributed by atoms with Crippen molar-refractivity contribution in [1.82, 2.24) is 0 Å². The first-order valence-corrected chi connectivity index (χ1v) is 9.57. The predicted octanol–water partition coefficient (Wildman–Crippen LogP) is 4.31. The van der Waals surface area contributed by atoms with Crippen LogP contribution in [-0.2, 0) is 9.53 Å². The van der Waals surface area contributed by atoms with Gasteiger partial charge in [-0.1, -0.05) is 49.6 Å². The number of ketones is 1. The van der Waals surface area contributed by atoms with Gasteiger partial charge in [0.1, 0.15) is 11.8 Å². The third-order valence-corrected chi connectivity index (χ3v) is 6.10. The van der Waals surface area contributed by atoms with E-state index >= 15 is 0 Å². The molecule has 0 unspecified atom stereocenters. The Bertz CT molecular complexity index is 810. The van der Waals surface area contributed by atoms with E-state index in [1.807, 2.05) is 18.2 Å². The van der Waals surface area contributed by atoms with Crippen molar-refractivity contribution in [2.24, 2.45) is 17.6 Å². The van der Waals surface area contributed by atoms with Gasteiger partial charge < -0.3 is 10.5 Å². The summed E-state index contributed by atoms with van der Waals surface area (Å²) in [5, 5.41) is 9.67. The summed E-state index contributed by atoms with van der Waals surface area (Å²) in [5.74, 6) is 1.28. The number of hydrogen-bond donors (Lipinski definition) is 1. The van der Waals surface area contributed by atoms with Gasteiger partial charge in [0, 0.05) is 24.3 Å². The Morgan fingerprint density at radius 2 is 1.81 bits per heavy atom. The molecule has 2 N–H and O–H groups in total. The summed E-state index contributed by atoms with van der Waals surface area (Å²) >= 11 is 0. The minimum absolute atomic E-state index is 0.117. The highest BCUT2D eigenvalue weighted by Gasteiger charge is 2.43. The lowest BCUT2D eigenvalue weighted by molar-refractivity contribution is -0.117. The SMILES string of the molecule is N#CC1=C(N)OC2=C(C(=O)C[C@H](c3ccccc3)C2)[C@H]1C1CCCCC1. The Hall–Kier alpha value is -2.54. The summed E-state index contributed by atoms with van der Waals surface area (Å²) in [4.78, 5) is 13.1. The highest BCUT2D eigenvalue weighted by atomic mass is 16.5. The molecule has 4 heteroatoms. The van der Waals surface area contributed by atoms with Crippen LogP contribution in [0.2, 0.25) is 0 Å². The van der Waals surface area contributed by atoms with Crippen molar-refractivity contribution in [2.45, 2.75) is 50.9 Å². The van der Waals surface area contributed by atoms with E-state index in [4.69, 9.17) is 10.5 Å². The van der Waals surface area contributed by atoms with Gasteiger partial charge >= 0.3 is 0 Å². The topological polar surface area (TPSA) is 76.1 Å². The molecule has 0 aromatic heterocycles. The fraction of sp³-hybridized carbons (Fsp3) is 0.455. The van der Waals surface area contributed by atoms with Crippen LogP contribution in [0.3, 0.4) is 0 Å². The molecule has 2 atom stereocenters. The fourth-order valence-corrected chi connectivity index (χ4v) is 4.85. The molecule has 4 rings (SSSR count). The number of nitrogens with two attached hydrogens (primary N) is 1. The largest absolute Gasteiger partial charge is 0.444 e. The highest BCUT2D eigenvalue weighted by Crippen LogP contribution is 2.47. The first-order valence-electron chi connectivity index (χ1n) is 9.57. The van der Waals surface area contributed by atoms with Crippen molar-refractivity contribution in [3.05, 3.63) is 58.7 Å². The van der Waals surface area contributed by atoms with Gasteiger partial charge in [0.15, 0.2) is 5.78 Å². The number of nitrogens with zero attached hydrogens (tertiary/aromatic N) is 1. The number of Topliss-reactive ketones (excluding diaryl/α,β-unsaturated/α-hetero) is 1. The number of hydrogen-bond acceptors (Lipinski definition) is 4. The molecule has 0 spiro atoms. The van der Waals surface area contributed by atoms with E-state index in [-0.39, 0.29) is 23.5 Å². The van der Waals surface area contributed by atoms with Crippen molar-refractivity contribution < 1.29 is 9.53 Å². The van der Waals surface area contributed by atoms with Crippen molar-refractivity contribution in [3.63, 3.8) is 0 Å². The summed E-state index contributed by atoms with van der Waals surface area (Å²) in [6, 6.07) is 12.3. The Kier molecular flexibility index (Phi) is 4.55. The first kappa shape index (κ1) is 16.9. The minimum atomic E-state index is -0.173. The molecule has 0 radical (unpaired) electrons. The molecule has 134 valence electrons. The Labute approximate surface area is 154 Å². The average molecular weight is 348 g/mol. The number of carbonyl (C=O) groups is 1. The molecule has 1 aliphatic heterocycles. The van der Waals surface area contributed by atoms with E-state index < -0.39 is 0 Å². The molecule has 3 aliphatic rings. The summed E-state index contributed by atoms with van der Waals surface area (Å²) in [5.41, 5.74) is 8.46. The lowest BCUT2D eigenvalue weighted by Crippen LogP contribution is -2.35. The second kappa shape index (κ2) is 6.99. The van der Waals surface area contributed by atoms with Crippen LogP contribution in [-0.4, -0.2) is 5.78 Å². The summed E-state index contributed by atoms with van der Waals surface area (Å²) in [6.07, 6.45) is 6.80. The molecule has 0 bridgehead atoms. The van der Waals surface area contributed by atoms with Gasteiger partial charge in [-0.15, -0.1) is 0 Å². The smallest absolute Gasteiger partial charge is 0.204 e. The molecule has 0 saturated heterocycles. The standard InChI is InChI=1S/C22H24N2O2/c23-13-17-20(15-9-5-2-6-10-15)21-18(25)11-16(12-19(21)26-22(17)24)14-7-3-1-4-8-14/h1,3-4,7-8,15-16,20H,2,5-6,9-12,24H2/t16-,20-/m0/s1. The number of nitriles is 1. The van der Waals surface area contributed by atoms with E-state index in [1.54, 1.807) is 0 Å². The summed E-state index contributed by atoms with van der Waals surface area (Å²) in [7, 11) is 0. The lowest BCUT2D eigenvalue weighted by atomic mass is 9.68. The zero-order valence-corrected chi connectivity index (χ0v) is 14.9. The van der Waals surface area contributed by atoms with Crippen LogP contribution in [0.1, 0.15) is 56.4 Å². The van der Waals surface area contributed by atoms with Crippen LogP contribution < -0.4 is 5.73 Å². The molecular formula is C22H24N2O2. The van der Waals surface area contributed by atoms with Gasteiger partial charge in [-0.3, -0.25) is 4.79 Å². The van der Waals surface area contributed by atoms with E-state index in [9.17, 15) is 10.1 Å². The van der Waals surface area contributed by atoms with Crippen molar-refractivity contribution >= 4 is 5.78 Å². The van der Waals surface area contributed by atoms with E-state index in [0.717, 1.165) is 36.8 Å². The monoisotopic (exact) mass is 348 g/mol. The van der Waals surface area contributed by atoms with Crippen LogP contribution in [0.25, 0.3) is 0 Å². The van der Waals surface area contributed by atoms with Gasteiger partial charge in [-0.25, -0.2) is 0 Å². The minimum Gasteiger partial charge on any atom is -0.444 e. The molecule has 0 amide bonds. The Balaban J connectivity index is 1.71. The lowest BCUT2D eigenvalue weighted by Gasteiger charge is -2.38. The van der Waals surface area contributed by atoms with Gasteiger partial charge in [-0.2, -0.15) is 5.26 Å². The number of ether oxygens (including phenoxy) is 1. The van der Waals surface area contributed by atoms with Crippen molar-refractivity contribution in [2.75, 3.05) is 0 Å². The fourth-order valence-electron chi connectivity index (χ4n) is 4.85. The zero-order valence-electron chi connectivity index (χ0n) is 14.9. The number of carbonyl (C=O) groups excluding carboxylic acids is 1. The van der Waals surface area contributed by atoms with Gasteiger partial charge in [0.25, 0.3) is 0 Å². The second-order valence-corrected chi connectivity index (χ2v) is 7.64. The van der Waals surface area contributed by atoms with Crippen LogP contribution >= 0.6 is 0 Å². The Morgan fingerprint density at radius 1 is 1.08 bits per heavy atom. The number of rotatable bonds is 2. The molecule has 4 nitrogen and oxygen atoms in total. The molecule has 1 aromatic rings. The molecule has 1 fully saturated rings. The molecule has 26 heavy (non-hydrogen) atoms. The maximum Gasteiger partial charge on any atom is 0.204 e. The predicted molar refractivity (Wildman–Crippen MR) is 98.4 cm³/mol. The van der Waals surface area contributed by atoms with Gasteiger partial charge in [0.05, 0.1) is 5.57 Å². The molecule has 1 heterocycles. The Morgan fingerprint density at radius 3 is 2.50 bits per heavy atom. The summed E-state index contributed by atoms with van der Waals surface area (Å²) < 4.78 is 5.83. The maximum atomic E-state index is 13.1. The first-order chi connectivity index (χ1) is 12.7. The number of benzene rings is 1. The molecular weight excluding hydrogens is 324 g/mol. The van der Waals surface area contributed by atoms with Crippen molar-refractivity contribution in [1.29, 1.82) is 5.26 Å². The third kappa shape index (κ3) is 2.92. The van der Waals surface area contributed by atoms with Crippen LogP contribution in [0.4, 0.5) is 0 Å². The van der Waals surface area contributed by atoms with E-state index in [2.05, 4.69) is 18.2 Å². The van der Waals surface area contributed by atoms with Crippen molar-refractivity contribution in [3.8, 4) is 6.07 Å². The maximum absolute atomic E-state index is 13.1. The molecule has 2 aliphatic carbocycles.